The fourth-order valence-corrected chi connectivity index (χ4v) is 0.883. The Kier molecular flexibility index (Phi) is 2.16. The number of ketones is 1. The minimum absolute atomic E-state index is 0.250. The van der Waals surface area contributed by atoms with Gasteiger partial charge in [0.2, 0.25) is 0 Å². The zero-order valence-corrected chi connectivity index (χ0v) is 5.19. The predicted molar refractivity (Wildman–Crippen MR) is 32.0 cm³/mol. The normalized spacial score (nSPS) is 29.9. The molecule has 0 amide bonds. The molecule has 1 fully saturated rings. The summed E-state index contributed by atoms with van der Waals surface area (Å²) in [7, 11) is 0. The fraction of sp³-hybridized carbons (Fsp3) is 0.833. The van der Waals surface area contributed by atoms with Crippen molar-refractivity contribution in [2.75, 3.05) is 13.1 Å². The quantitative estimate of drug-likeness (QED) is 0.511. The van der Waals surface area contributed by atoms with Gasteiger partial charge in [-0.15, -0.1) is 0 Å². The van der Waals surface area contributed by atoms with E-state index >= 15 is 0 Å². The number of halogens is 1. The molecule has 1 aliphatic rings. The summed E-state index contributed by atoms with van der Waals surface area (Å²) in [4.78, 5) is 10.6. The minimum Gasteiger partial charge on any atom is -0.316 e. The summed E-state index contributed by atoms with van der Waals surface area (Å²) in [5, 5.41) is 2.95. The first kappa shape index (κ1) is 6.68. The topological polar surface area (TPSA) is 29.1 Å². The Labute approximate surface area is 53.4 Å². The second-order valence-corrected chi connectivity index (χ2v) is 2.22. The number of rotatable bonds is 0. The molecule has 3 heteroatoms. The fourth-order valence-electron chi connectivity index (χ4n) is 0.883. The molecule has 1 saturated heterocycles. The van der Waals surface area contributed by atoms with E-state index in [-0.39, 0.29) is 5.78 Å². The van der Waals surface area contributed by atoms with Gasteiger partial charge < -0.3 is 5.32 Å². The lowest BCUT2D eigenvalue weighted by Gasteiger charge is -1.97. The number of nitrogens with one attached hydrogen (secondary N) is 1. The lowest BCUT2D eigenvalue weighted by Crippen LogP contribution is -2.14. The molecule has 1 N–H and O–H groups in total. The van der Waals surface area contributed by atoms with Crippen molar-refractivity contribution in [3.05, 3.63) is 0 Å². The molecule has 0 saturated carbocycles. The average Bonchev–Trinajstić information content (AvgIpc) is 1.99. The average molecular weight is 131 g/mol. The van der Waals surface area contributed by atoms with E-state index in [0.29, 0.717) is 25.9 Å². The second kappa shape index (κ2) is 2.92. The van der Waals surface area contributed by atoms with Crippen molar-refractivity contribution in [1.82, 2.24) is 5.32 Å². The number of hydrogen-bond acceptors (Lipinski definition) is 2. The first-order valence-electron chi connectivity index (χ1n) is 3.18. The molecule has 1 atom stereocenters. The zero-order valence-electron chi connectivity index (χ0n) is 5.19. The maximum absolute atomic E-state index is 12.4. The van der Waals surface area contributed by atoms with Gasteiger partial charge in [-0.1, -0.05) is 0 Å². The van der Waals surface area contributed by atoms with Crippen LogP contribution < -0.4 is 5.32 Å². The van der Waals surface area contributed by atoms with Gasteiger partial charge in [-0.2, -0.15) is 0 Å². The highest BCUT2D eigenvalue weighted by molar-refractivity contribution is 5.83. The first-order chi connectivity index (χ1) is 4.30. The third-order valence-corrected chi connectivity index (χ3v) is 1.47. The van der Waals surface area contributed by atoms with Gasteiger partial charge >= 0.3 is 0 Å². The Morgan fingerprint density at radius 1 is 1.56 bits per heavy atom. The molecule has 0 aliphatic carbocycles. The SMILES string of the molecule is O=C1CCNCC[C@H]1F. The summed E-state index contributed by atoms with van der Waals surface area (Å²) in [5.74, 6) is -0.250. The number of hydrogen-bond donors (Lipinski definition) is 1. The Hall–Kier alpha value is -0.440. The van der Waals surface area contributed by atoms with Crippen molar-refractivity contribution < 1.29 is 9.18 Å². The van der Waals surface area contributed by atoms with Gasteiger partial charge in [0, 0.05) is 13.0 Å². The van der Waals surface area contributed by atoms with Crippen LogP contribution in [0.15, 0.2) is 0 Å². The molecule has 1 aliphatic heterocycles. The van der Waals surface area contributed by atoms with Crippen LogP contribution in [0.25, 0.3) is 0 Å². The van der Waals surface area contributed by atoms with E-state index < -0.39 is 6.17 Å². The molecule has 0 unspecified atom stereocenters. The Balaban J connectivity index is 2.41. The summed E-state index contributed by atoms with van der Waals surface area (Å²) in [6, 6.07) is 0. The zero-order chi connectivity index (χ0) is 6.69. The minimum atomic E-state index is -1.21. The van der Waals surface area contributed by atoms with Gasteiger partial charge in [-0.25, -0.2) is 4.39 Å². The van der Waals surface area contributed by atoms with Crippen LogP contribution in [-0.2, 0) is 4.79 Å². The van der Waals surface area contributed by atoms with Crippen LogP contribution in [0.2, 0.25) is 0 Å². The monoisotopic (exact) mass is 131 g/mol. The van der Waals surface area contributed by atoms with Gasteiger partial charge in [-0.3, -0.25) is 4.79 Å². The number of alkyl halides is 1. The maximum atomic E-state index is 12.4. The van der Waals surface area contributed by atoms with Crippen molar-refractivity contribution >= 4 is 5.78 Å². The molecule has 0 aromatic rings. The molecule has 1 rings (SSSR count). The van der Waals surface area contributed by atoms with Crippen molar-refractivity contribution in [3.63, 3.8) is 0 Å². The summed E-state index contributed by atoms with van der Waals surface area (Å²) < 4.78 is 12.4. The van der Waals surface area contributed by atoms with Gasteiger partial charge in [0.25, 0.3) is 0 Å². The number of Topliss-reactive ketones (excluding diaryl/α,β-unsaturated/α-hetero) is 1. The van der Waals surface area contributed by atoms with E-state index in [1.807, 2.05) is 0 Å². The van der Waals surface area contributed by atoms with E-state index in [1.165, 1.54) is 0 Å². The van der Waals surface area contributed by atoms with Crippen LogP contribution in [0.4, 0.5) is 4.39 Å². The van der Waals surface area contributed by atoms with Crippen LogP contribution in [0.1, 0.15) is 12.8 Å². The maximum Gasteiger partial charge on any atom is 0.168 e. The third-order valence-electron chi connectivity index (χ3n) is 1.47. The molecule has 0 bridgehead atoms. The molecule has 9 heavy (non-hydrogen) atoms. The van der Waals surface area contributed by atoms with Crippen LogP contribution >= 0.6 is 0 Å². The molecule has 1 heterocycles. The third kappa shape index (κ3) is 1.75. The first-order valence-corrected chi connectivity index (χ1v) is 3.18. The van der Waals surface area contributed by atoms with Gasteiger partial charge in [-0.05, 0) is 13.0 Å². The standard InChI is InChI=1S/C6H10FNO/c7-5-1-3-8-4-2-6(5)9/h5,8H,1-4H2/t5-/m1/s1. The highest BCUT2D eigenvalue weighted by Gasteiger charge is 2.18. The van der Waals surface area contributed by atoms with Crippen LogP contribution in [0, 0.1) is 0 Å². The Morgan fingerprint density at radius 3 is 3.11 bits per heavy atom. The highest BCUT2D eigenvalue weighted by atomic mass is 19.1. The molecule has 2 nitrogen and oxygen atoms in total. The van der Waals surface area contributed by atoms with Gasteiger partial charge in [0.15, 0.2) is 12.0 Å². The number of carbonyl (C=O) groups is 1. The molecule has 0 radical (unpaired) electrons. The van der Waals surface area contributed by atoms with Crippen LogP contribution in [0.3, 0.4) is 0 Å². The number of carbonyl (C=O) groups excluding carboxylic acids is 1. The van der Waals surface area contributed by atoms with E-state index in [4.69, 9.17) is 0 Å². The van der Waals surface area contributed by atoms with Crippen molar-refractivity contribution in [3.8, 4) is 0 Å². The van der Waals surface area contributed by atoms with E-state index in [2.05, 4.69) is 5.32 Å². The second-order valence-electron chi connectivity index (χ2n) is 2.22. The van der Waals surface area contributed by atoms with Crippen LogP contribution in [-0.4, -0.2) is 25.0 Å². The van der Waals surface area contributed by atoms with E-state index in [1.54, 1.807) is 0 Å². The van der Waals surface area contributed by atoms with E-state index in [9.17, 15) is 9.18 Å². The Bertz CT molecular complexity index is 116. The molecule has 0 spiro atoms. The highest BCUT2D eigenvalue weighted by Crippen LogP contribution is 2.03. The molecule has 52 valence electrons. The summed E-state index contributed by atoms with van der Waals surface area (Å²) in [5.41, 5.74) is 0. The Morgan fingerprint density at radius 2 is 2.33 bits per heavy atom. The summed E-state index contributed by atoms with van der Waals surface area (Å²) in [6.07, 6.45) is -0.514. The lowest BCUT2D eigenvalue weighted by atomic mass is 10.2. The molecular weight excluding hydrogens is 121 g/mol. The lowest BCUT2D eigenvalue weighted by molar-refractivity contribution is -0.123. The molecule has 0 aromatic heterocycles. The van der Waals surface area contributed by atoms with Gasteiger partial charge in [0.05, 0.1) is 0 Å². The van der Waals surface area contributed by atoms with Crippen molar-refractivity contribution in [1.29, 1.82) is 0 Å². The largest absolute Gasteiger partial charge is 0.316 e. The summed E-state index contributed by atoms with van der Waals surface area (Å²) >= 11 is 0. The smallest absolute Gasteiger partial charge is 0.168 e. The van der Waals surface area contributed by atoms with Gasteiger partial charge in [0.1, 0.15) is 0 Å². The molecular formula is C6H10FNO. The summed E-state index contributed by atoms with van der Waals surface area (Å²) in [6.45, 7) is 1.27. The van der Waals surface area contributed by atoms with Crippen molar-refractivity contribution in [2.45, 2.75) is 19.0 Å². The van der Waals surface area contributed by atoms with Crippen LogP contribution in [0.5, 0.6) is 0 Å². The van der Waals surface area contributed by atoms with Crippen molar-refractivity contribution in [2.24, 2.45) is 0 Å². The molecule has 0 aromatic carbocycles. The predicted octanol–water partition coefficient (Wildman–Crippen LogP) is 0.277. The van der Waals surface area contributed by atoms with E-state index in [0.717, 1.165) is 0 Å².